The molecule has 1 amide bonds. The van der Waals surface area contributed by atoms with Crippen LogP contribution in [-0.2, 0) is 6.42 Å². The van der Waals surface area contributed by atoms with Gasteiger partial charge in [0.2, 0.25) is 0 Å². The molecule has 0 heterocycles. The molecule has 0 aliphatic rings. The number of nitrogens with one attached hydrogen (secondary N) is 1. The van der Waals surface area contributed by atoms with E-state index in [1.54, 1.807) is 25.3 Å². The number of amides is 1. The maximum Gasteiger partial charge on any atom is 0.251 e. The Morgan fingerprint density at radius 2 is 1.78 bits per heavy atom. The quantitative estimate of drug-likeness (QED) is 0.681. The summed E-state index contributed by atoms with van der Waals surface area (Å²) in [7, 11) is 1.66. The third-order valence-electron chi connectivity index (χ3n) is 4.08. The van der Waals surface area contributed by atoms with Crippen LogP contribution in [0.15, 0.2) is 36.4 Å². The van der Waals surface area contributed by atoms with Gasteiger partial charge in [-0.2, -0.15) is 0 Å². The van der Waals surface area contributed by atoms with Crippen LogP contribution in [0.3, 0.4) is 0 Å². The number of benzene rings is 2. The van der Waals surface area contributed by atoms with Crippen LogP contribution in [0.1, 0.15) is 41.8 Å². The van der Waals surface area contributed by atoms with Gasteiger partial charge in [-0.1, -0.05) is 24.6 Å². The van der Waals surface area contributed by atoms with Gasteiger partial charge in [-0.15, -0.1) is 0 Å². The van der Waals surface area contributed by atoms with Gasteiger partial charge in [0.25, 0.3) is 5.91 Å². The Bertz CT molecular complexity index is 758. The minimum Gasteiger partial charge on any atom is -0.496 e. The highest BCUT2D eigenvalue weighted by molar-refractivity contribution is 5.94. The van der Waals surface area contributed by atoms with Crippen LogP contribution >= 0.6 is 0 Å². The first kappa shape index (κ1) is 20.6. The van der Waals surface area contributed by atoms with Gasteiger partial charge < -0.3 is 19.5 Å². The highest BCUT2D eigenvalue weighted by atomic mass is 16.5. The normalized spacial score (nSPS) is 10.4. The van der Waals surface area contributed by atoms with Crippen molar-refractivity contribution >= 4 is 5.91 Å². The van der Waals surface area contributed by atoms with E-state index in [-0.39, 0.29) is 5.91 Å². The summed E-state index contributed by atoms with van der Waals surface area (Å²) in [5.74, 6) is 1.97. The molecule has 2 aromatic carbocycles. The zero-order valence-electron chi connectivity index (χ0n) is 16.6. The summed E-state index contributed by atoms with van der Waals surface area (Å²) < 4.78 is 16.7. The van der Waals surface area contributed by atoms with Gasteiger partial charge in [0, 0.05) is 12.1 Å². The molecule has 0 aliphatic heterocycles. The Labute approximate surface area is 161 Å². The Kier molecular flexibility index (Phi) is 7.99. The van der Waals surface area contributed by atoms with Gasteiger partial charge in [-0.25, -0.2) is 0 Å². The van der Waals surface area contributed by atoms with Gasteiger partial charge >= 0.3 is 0 Å². The number of carbonyl (C=O) groups is 1. The first-order chi connectivity index (χ1) is 13.1. The predicted octanol–water partition coefficient (Wildman–Crippen LogP) is 4.16. The lowest BCUT2D eigenvalue weighted by molar-refractivity contribution is 0.0953. The van der Waals surface area contributed by atoms with Gasteiger partial charge in [-0.3, -0.25) is 4.79 Å². The molecule has 5 nitrogen and oxygen atoms in total. The molecule has 0 atom stereocenters. The summed E-state index contributed by atoms with van der Waals surface area (Å²) in [4.78, 5) is 12.5. The molecule has 2 rings (SSSR count). The summed E-state index contributed by atoms with van der Waals surface area (Å²) in [6, 6.07) is 11.3. The molecule has 0 radical (unpaired) electrons. The average molecular weight is 371 g/mol. The van der Waals surface area contributed by atoms with Gasteiger partial charge in [0.1, 0.15) is 5.75 Å². The van der Waals surface area contributed by atoms with E-state index in [1.165, 1.54) is 5.56 Å². The van der Waals surface area contributed by atoms with Crippen LogP contribution in [0.2, 0.25) is 0 Å². The molecule has 2 aromatic rings. The van der Waals surface area contributed by atoms with E-state index in [1.807, 2.05) is 32.9 Å². The van der Waals surface area contributed by atoms with Gasteiger partial charge in [0.15, 0.2) is 11.5 Å². The zero-order valence-corrected chi connectivity index (χ0v) is 16.6. The van der Waals surface area contributed by atoms with E-state index >= 15 is 0 Å². The number of rotatable bonds is 10. The standard InChI is InChI=1S/C22H29NO4/c1-5-13-27-20-10-8-18(15-21(20)26-6-2)22(24)23-12-11-17-14-16(3)7-9-19(17)25-4/h7-10,14-15H,5-6,11-13H2,1-4H3,(H,23,24). The second kappa shape index (κ2) is 10.5. The fourth-order valence-electron chi connectivity index (χ4n) is 2.76. The van der Waals surface area contributed by atoms with Gasteiger partial charge in [0.05, 0.1) is 20.3 Å². The Morgan fingerprint density at radius 1 is 1.00 bits per heavy atom. The number of hydrogen-bond acceptors (Lipinski definition) is 4. The highest BCUT2D eigenvalue weighted by Gasteiger charge is 2.12. The molecule has 1 N–H and O–H groups in total. The van der Waals surface area contributed by atoms with E-state index in [4.69, 9.17) is 14.2 Å². The predicted molar refractivity (Wildman–Crippen MR) is 107 cm³/mol. The molecule has 0 spiro atoms. The molecule has 0 aromatic heterocycles. The molecule has 0 saturated carbocycles. The smallest absolute Gasteiger partial charge is 0.251 e. The number of carbonyl (C=O) groups excluding carboxylic acids is 1. The first-order valence-corrected chi connectivity index (χ1v) is 9.40. The van der Waals surface area contributed by atoms with E-state index in [2.05, 4.69) is 11.4 Å². The summed E-state index contributed by atoms with van der Waals surface area (Å²) in [5.41, 5.74) is 2.80. The molecular weight excluding hydrogens is 342 g/mol. The Morgan fingerprint density at radius 3 is 2.48 bits per heavy atom. The minimum absolute atomic E-state index is 0.135. The molecule has 27 heavy (non-hydrogen) atoms. The molecule has 0 aliphatic carbocycles. The second-order valence-electron chi connectivity index (χ2n) is 6.26. The molecule has 5 heteroatoms. The van der Waals surface area contributed by atoms with Crippen molar-refractivity contribution in [3.05, 3.63) is 53.1 Å². The van der Waals surface area contributed by atoms with Crippen molar-refractivity contribution in [2.75, 3.05) is 26.9 Å². The van der Waals surface area contributed by atoms with Crippen molar-refractivity contribution in [3.8, 4) is 17.2 Å². The lowest BCUT2D eigenvalue weighted by Gasteiger charge is -2.13. The van der Waals surface area contributed by atoms with Crippen LogP contribution in [-0.4, -0.2) is 32.8 Å². The van der Waals surface area contributed by atoms with E-state index < -0.39 is 0 Å². The molecule has 0 unspecified atom stereocenters. The van der Waals surface area contributed by atoms with Gasteiger partial charge in [-0.05, 0) is 56.5 Å². The molecular formula is C22H29NO4. The maximum absolute atomic E-state index is 12.5. The second-order valence-corrected chi connectivity index (χ2v) is 6.26. The first-order valence-electron chi connectivity index (χ1n) is 9.40. The number of hydrogen-bond donors (Lipinski definition) is 1. The third-order valence-corrected chi connectivity index (χ3v) is 4.08. The van der Waals surface area contributed by atoms with Crippen LogP contribution in [0.4, 0.5) is 0 Å². The Hall–Kier alpha value is -2.69. The van der Waals surface area contributed by atoms with Crippen LogP contribution in [0.25, 0.3) is 0 Å². The monoisotopic (exact) mass is 371 g/mol. The van der Waals surface area contributed by atoms with Crippen LogP contribution in [0.5, 0.6) is 17.2 Å². The van der Waals surface area contributed by atoms with Crippen LogP contribution in [0, 0.1) is 6.92 Å². The zero-order chi connectivity index (χ0) is 19.6. The third kappa shape index (κ3) is 5.91. The van der Waals surface area contributed by atoms with E-state index in [0.29, 0.717) is 43.2 Å². The average Bonchev–Trinajstić information content (AvgIpc) is 2.67. The Balaban J connectivity index is 2.01. The van der Waals surface area contributed by atoms with Crippen LogP contribution < -0.4 is 19.5 Å². The number of methoxy groups -OCH3 is 1. The summed E-state index contributed by atoms with van der Waals surface area (Å²) in [6.07, 6.45) is 1.61. The van der Waals surface area contributed by atoms with E-state index in [9.17, 15) is 4.79 Å². The summed E-state index contributed by atoms with van der Waals surface area (Å²) in [5, 5.41) is 2.96. The lowest BCUT2D eigenvalue weighted by atomic mass is 10.1. The number of ether oxygens (including phenoxy) is 3. The fraction of sp³-hybridized carbons (Fsp3) is 0.409. The lowest BCUT2D eigenvalue weighted by Crippen LogP contribution is -2.25. The minimum atomic E-state index is -0.135. The fourth-order valence-corrected chi connectivity index (χ4v) is 2.76. The van der Waals surface area contributed by atoms with E-state index in [0.717, 1.165) is 17.7 Å². The van der Waals surface area contributed by atoms with Crippen molar-refractivity contribution in [3.63, 3.8) is 0 Å². The van der Waals surface area contributed by atoms with Crippen molar-refractivity contribution < 1.29 is 19.0 Å². The summed E-state index contributed by atoms with van der Waals surface area (Å²) in [6.45, 7) is 7.65. The topological polar surface area (TPSA) is 56.8 Å². The molecule has 0 bridgehead atoms. The van der Waals surface area contributed by atoms with Crippen molar-refractivity contribution in [2.45, 2.75) is 33.6 Å². The molecule has 0 fully saturated rings. The SMILES string of the molecule is CCCOc1ccc(C(=O)NCCc2cc(C)ccc2OC)cc1OCC. The molecule has 0 saturated heterocycles. The largest absolute Gasteiger partial charge is 0.496 e. The number of aryl methyl sites for hydroxylation is 1. The van der Waals surface area contributed by atoms with Crippen molar-refractivity contribution in [1.82, 2.24) is 5.32 Å². The highest BCUT2D eigenvalue weighted by Crippen LogP contribution is 2.28. The van der Waals surface area contributed by atoms with Crippen molar-refractivity contribution in [1.29, 1.82) is 0 Å². The molecule has 146 valence electrons. The van der Waals surface area contributed by atoms with Crippen molar-refractivity contribution in [2.24, 2.45) is 0 Å². The maximum atomic E-state index is 12.5. The summed E-state index contributed by atoms with van der Waals surface area (Å²) >= 11 is 0.